The second-order valence-electron chi connectivity index (χ2n) is 8.29. The quantitative estimate of drug-likeness (QED) is 0.622. The van der Waals surface area contributed by atoms with E-state index in [4.69, 9.17) is 9.47 Å². The molecule has 2 aromatic carbocycles. The SMILES string of the molecule is CC(C)c1ccc(Cc2ccc3c(c2)[C@]2(OC3)O[C@H](CO)[C@@H](O)[C@H](O)[C@H]2O)cc1. The molecule has 0 radical (unpaired) electrons. The molecule has 2 aliphatic rings. The van der Waals surface area contributed by atoms with E-state index in [1.165, 1.54) is 5.56 Å². The van der Waals surface area contributed by atoms with Gasteiger partial charge >= 0.3 is 0 Å². The third-order valence-electron chi connectivity index (χ3n) is 6.00. The lowest BCUT2D eigenvalue weighted by molar-refractivity contribution is -0.368. The summed E-state index contributed by atoms with van der Waals surface area (Å²) >= 11 is 0. The Hall–Kier alpha value is -1.80. The van der Waals surface area contributed by atoms with Crippen molar-refractivity contribution in [2.24, 2.45) is 0 Å². The fourth-order valence-corrected chi connectivity index (χ4v) is 4.19. The van der Waals surface area contributed by atoms with Gasteiger partial charge in [0.1, 0.15) is 24.4 Å². The number of rotatable bonds is 4. The van der Waals surface area contributed by atoms with E-state index < -0.39 is 36.8 Å². The smallest absolute Gasteiger partial charge is 0.225 e. The van der Waals surface area contributed by atoms with Crippen LogP contribution in [0.5, 0.6) is 0 Å². The second-order valence-corrected chi connectivity index (χ2v) is 8.29. The monoisotopic (exact) mass is 400 g/mol. The molecule has 4 N–H and O–H groups in total. The van der Waals surface area contributed by atoms with E-state index in [9.17, 15) is 20.4 Å². The number of benzene rings is 2. The third kappa shape index (κ3) is 3.50. The largest absolute Gasteiger partial charge is 0.394 e. The van der Waals surface area contributed by atoms with Crippen molar-refractivity contribution in [3.8, 4) is 0 Å². The highest BCUT2D eigenvalue weighted by Crippen LogP contribution is 2.46. The molecule has 0 unspecified atom stereocenters. The molecule has 5 atom stereocenters. The van der Waals surface area contributed by atoms with E-state index in [0.29, 0.717) is 17.9 Å². The maximum absolute atomic E-state index is 10.7. The van der Waals surface area contributed by atoms with Crippen molar-refractivity contribution in [1.29, 1.82) is 0 Å². The number of aliphatic hydroxyl groups is 4. The van der Waals surface area contributed by atoms with Gasteiger partial charge in [0.2, 0.25) is 5.79 Å². The van der Waals surface area contributed by atoms with Gasteiger partial charge in [-0.15, -0.1) is 0 Å². The molecule has 2 heterocycles. The van der Waals surface area contributed by atoms with E-state index in [1.54, 1.807) is 0 Å². The van der Waals surface area contributed by atoms with Crippen LogP contribution < -0.4 is 0 Å². The third-order valence-corrected chi connectivity index (χ3v) is 6.00. The van der Waals surface area contributed by atoms with Crippen LogP contribution in [0.3, 0.4) is 0 Å². The standard InChI is InChI=1S/C23H28O6/c1-13(2)16-6-3-14(4-7-16)9-15-5-8-17-12-28-23(18(17)10-15)22(27)21(26)20(25)19(11-24)29-23/h3-8,10,13,19-22,24-27H,9,11-12H2,1-2H3/t19-,20-,21+,22-,23+/m1/s1. The van der Waals surface area contributed by atoms with Crippen LogP contribution in [0.15, 0.2) is 42.5 Å². The van der Waals surface area contributed by atoms with Crippen LogP contribution in [0, 0.1) is 0 Å². The molecule has 1 saturated heterocycles. The predicted molar refractivity (Wildman–Crippen MR) is 106 cm³/mol. The minimum absolute atomic E-state index is 0.219. The van der Waals surface area contributed by atoms with E-state index in [-0.39, 0.29) is 6.61 Å². The van der Waals surface area contributed by atoms with Crippen LogP contribution >= 0.6 is 0 Å². The Kier molecular flexibility index (Phi) is 5.50. The molecule has 2 aromatic rings. The number of ether oxygens (including phenoxy) is 2. The topological polar surface area (TPSA) is 99.4 Å². The highest BCUT2D eigenvalue weighted by molar-refractivity contribution is 5.41. The summed E-state index contributed by atoms with van der Waals surface area (Å²) in [4.78, 5) is 0. The van der Waals surface area contributed by atoms with Crippen molar-refractivity contribution in [2.75, 3.05) is 6.61 Å². The summed E-state index contributed by atoms with van der Waals surface area (Å²) in [6.45, 7) is 4.05. The Bertz CT molecular complexity index is 862. The van der Waals surface area contributed by atoms with Gasteiger partial charge in [0.15, 0.2) is 0 Å². The average Bonchev–Trinajstić information content (AvgIpc) is 3.08. The molecule has 6 nitrogen and oxygen atoms in total. The molecule has 0 amide bonds. The Balaban J connectivity index is 1.64. The zero-order chi connectivity index (χ0) is 20.8. The van der Waals surface area contributed by atoms with Crippen molar-refractivity contribution in [1.82, 2.24) is 0 Å². The summed E-state index contributed by atoms with van der Waals surface area (Å²) in [5.41, 5.74) is 4.95. The summed E-state index contributed by atoms with van der Waals surface area (Å²) in [6, 6.07) is 14.4. The van der Waals surface area contributed by atoms with Gasteiger partial charge in [-0.1, -0.05) is 50.2 Å². The fraction of sp³-hybridized carbons (Fsp3) is 0.478. The van der Waals surface area contributed by atoms with Crippen molar-refractivity contribution < 1.29 is 29.9 Å². The van der Waals surface area contributed by atoms with Crippen molar-refractivity contribution in [3.63, 3.8) is 0 Å². The molecule has 0 saturated carbocycles. The first kappa shape index (κ1) is 20.5. The first-order valence-corrected chi connectivity index (χ1v) is 10.0. The molecule has 6 heteroatoms. The van der Waals surface area contributed by atoms with Gasteiger partial charge in [0.25, 0.3) is 0 Å². The average molecular weight is 400 g/mol. The molecule has 1 fully saturated rings. The van der Waals surface area contributed by atoms with Gasteiger partial charge in [-0.3, -0.25) is 0 Å². The lowest BCUT2D eigenvalue weighted by Crippen LogP contribution is -2.63. The highest BCUT2D eigenvalue weighted by atomic mass is 16.7. The van der Waals surface area contributed by atoms with Crippen LogP contribution in [0.1, 0.15) is 47.6 Å². The van der Waals surface area contributed by atoms with Crippen LogP contribution in [0.25, 0.3) is 0 Å². The Morgan fingerprint density at radius 3 is 2.34 bits per heavy atom. The summed E-state index contributed by atoms with van der Waals surface area (Å²) in [5, 5.41) is 40.6. The maximum atomic E-state index is 10.7. The van der Waals surface area contributed by atoms with Gasteiger partial charge in [0.05, 0.1) is 13.2 Å². The van der Waals surface area contributed by atoms with Gasteiger partial charge < -0.3 is 29.9 Å². The Labute approximate surface area is 170 Å². The molecular formula is C23H28O6. The number of hydrogen-bond donors (Lipinski definition) is 4. The molecule has 1 spiro atoms. The number of hydrogen-bond acceptors (Lipinski definition) is 6. The van der Waals surface area contributed by atoms with Crippen molar-refractivity contribution in [2.45, 2.75) is 63.0 Å². The maximum Gasteiger partial charge on any atom is 0.225 e. The van der Waals surface area contributed by atoms with Crippen LogP contribution in [-0.2, 0) is 28.3 Å². The summed E-state index contributed by atoms with van der Waals surface area (Å²) < 4.78 is 11.6. The van der Waals surface area contributed by atoms with E-state index >= 15 is 0 Å². The summed E-state index contributed by atoms with van der Waals surface area (Å²) in [7, 11) is 0. The molecule has 0 bridgehead atoms. The van der Waals surface area contributed by atoms with E-state index in [0.717, 1.165) is 16.7 Å². The second kappa shape index (κ2) is 7.80. The van der Waals surface area contributed by atoms with Gasteiger partial charge in [-0.05, 0) is 40.7 Å². The van der Waals surface area contributed by atoms with E-state index in [1.807, 2.05) is 18.2 Å². The Morgan fingerprint density at radius 1 is 1.00 bits per heavy atom. The van der Waals surface area contributed by atoms with Crippen LogP contribution in [0.2, 0.25) is 0 Å². The van der Waals surface area contributed by atoms with Gasteiger partial charge in [-0.2, -0.15) is 0 Å². The summed E-state index contributed by atoms with van der Waals surface area (Å²) in [6.07, 6.45) is -4.70. The first-order valence-electron chi connectivity index (χ1n) is 10.0. The fourth-order valence-electron chi connectivity index (χ4n) is 4.19. The minimum Gasteiger partial charge on any atom is -0.394 e. The lowest BCUT2D eigenvalue weighted by atomic mass is 9.86. The molecule has 2 aliphatic heterocycles. The highest BCUT2D eigenvalue weighted by Gasteiger charge is 2.58. The van der Waals surface area contributed by atoms with Gasteiger partial charge in [0, 0.05) is 5.56 Å². The molecular weight excluding hydrogens is 372 g/mol. The minimum atomic E-state index is -1.60. The van der Waals surface area contributed by atoms with Crippen LogP contribution in [-0.4, -0.2) is 51.4 Å². The zero-order valence-electron chi connectivity index (χ0n) is 16.7. The molecule has 0 aliphatic carbocycles. The normalized spacial score (nSPS) is 31.4. The van der Waals surface area contributed by atoms with Crippen molar-refractivity contribution >= 4 is 0 Å². The molecule has 4 rings (SSSR count). The predicted octanol–water partition coefficient (Wildman–Crippen LogP) is 1.56. The number of aliphatic hydroxyl groups excluding tert-OH is 4. The van der Waals surface area contributed by atoms with E-state index in [2.05, 4.69) is 38.1 Å². The summed E-state index contributed by atoms with van der Waals surface area (Å²) in [5.74, 6) is -1.12. The zero-order valence-corrected chi connectivity index (χ0v) is 16.7. The molecule has 29 heavy (non-hydrogen) atoms. The Morgan fingerprint density at radius 2 is 1.69 bits per heavy atom. The molecule has 156 valence electrons. The first-order chi connectivity index (χ1) is 13.9. The van der Waals surface area contributed by atoms with Crippen LogP contribution in [0.4, 0.5) is 0 Å². The molecule has 0 aromatic heterocycles. The van der Waals surface area contributed by atoms with Gasteiger partial charge in [-0.25, -0.2) is 0 Å². The lowest BCUT2D eigenvalue weighted by Gasteiger charge is -2.46. The number of fused-ring (bicyclic) bond motifs is 2. The van der Waals surface area contributed by atoms with Crippen molar-refractivity contribution in [3.05, 3.63) is 70.3 Å².